The van der Waals surface area contributed by atoms with Crippen molar-refractivity contribution in [1.82, 2.24) is 14.1 Å². The molecule has 2 aliphatic rings. The second-order valence-electron chi connectivity index (χ2n) is 8.06. The number of sulfonamides is 1. The fraction of sp³-hybridized carbons (Fsp3) is 0.882. The van der Waals surface area contributed by atoms with E-state index in [9.17, 15) is 18.0 Å². The highest BCUT2D eigenvalue weighted by atomic mass is 32.2. The quantitative estimate of drug-likeness (QED) is 0.689. The summed E-state index contributed by atoms with van der Waals surface area (Å²) in [4.78, 5) is 28.4. The number of amides is 2. The summed E-state index contributed by atoms with van der Waals surface area (Å²) in [5.41, 5.74) is 0.0201. The molecule has 0 radical (unpaired) electrons. The molecular formula is C17H31N3O4S. The molecule has 0 aliphatic carbocycles. The third kappa shape index (κ3) is 5.17. The second kappa shape index (κ2) is 7.61. The highest BCUT2D eigenvalue weighted by molar-refractivity contribution is 7.88. The average Bonchev–Trinajstić information content (AvgIpc) is 2.79. The van der Waals surface area contributed by atoms with Gasteiger partial charge in [0.05, 0.1) is 6.26 Å². The van der Waals surface area contributed by atoms with Crippen LogP contribution in [0, 0.1) is 11.3 Å². The van der Waals surface area contributed by atoms with E-state index in [-0.39, 0.29) is 30.2 Å². The molecule has 2 amide bonds. The Kier molecular flexibility index (Phi) is 6.14. The van der Waals surface area contributed by atoms with Crippen molar-refractivity contribution in [1.29, 1.82) is 0 Å². The molecule has 2 aliphatic heterocycles. The van der Waals surface area contributed by atoms with Crippen LogP contribution < -0.4 is 0 Å². The molecule has 2 saturated heterocycles. The zero-order chi connectivity index (χ0) is 18.8. The molecule has 25 heavy (non-hydrogen) atoms. The standard InChI is InChI=1S/C17H31N3O4S/c1-14(2)12-20-13-17(11-16(20)22)6-9-19(10-7-17)15(21)5-8-18(3)25(4,23)24/h14H,5-13H2,1-4H3. The Balaban J connectivity index is 1.83. The second-order valence-corrected chi connectivity index (χ2v) is 10.1. The number of carbonyl (C=O) groups is 2. The highest BCUT2D eigenvalue weighted by Gasteiger charge is 2.45. The summed E-state index contributed by atoms with van der Waals surface area (Å²) < 4.78 is 24.0. The first-order valence-corrected chi connectivity index (χ1v) is 10.8. The molecule has 7 nitrogen and oxygen atoms in total. The van der Waals surface area contributed by atoms with Gasteiger partial charge in [-0.1, -0.05) is 13.8 Å². The Labute approximate surface area is 151 Å². The van der Waals surface area contributed by atoms with E-state index in [1.807, 2.05) is 9.80 Å². The lowest BCUT2D eigenvalue weighted by Gasteiger charge is -2.39. The van der Waals surface area contributed by atoms with Crippen molar-refractivity contribution in [2.24, 2.45) is 11.3 Å². The van der Waals surface area contributed by atoms with Crippen molar-refractivity contribution in [3.63, 3.8) is 0 Å². The van der Waals surface area contributed by atoms with Gasteiger partial charge in [-0.2, -0.15) is 0 Å². The summed E-state index contributed by atoms with van der Waals surface area (Å²) >= 11 is 0. The van der Waals surface area contributed by atoms with Gasteiger partial charge in [0.25, 0.3) is 0 Å². The van der Waals surface area contributed by atoms with E-state index in [0.717, 1.165) is 32.2 Å². The molecule has 0 aromatic rings. The summed E-state index contributed by atoms with van der Waals surface area (Å²) in [7, 11) is -1.76. The minimum Gasteiger partial charge on any atom is -0.343 e. The highest BCUT2D eigenvalue weighted by Crippen LogP contribution is 2.41. The van der Waals surface area contributed by atoms with Crippen LogP contribution in [-0.4, -0.2) is 80.4 Å². The molecule has 8 heteroatoms. The van der Waals surface area contributed by atoms with Crippen LogP contribution in [0.5, 0.6) is 0 Å². The van der Waals surface area contributed by atoms with Crippen LogP contribution in [0.2, 0.25) is 0 Å². The summed E-state index contributed by atoms with van der Waals surface area (Å²) in [6.45, 7) is 7.37. The number of carbonyl (C=O) groups excluding carboxylic acids is 2. The lowest BCUT2D eigenvalue weighted by Crippen LogP contribution is -2.45. The van der Waals surface area contributed by atoms with E-state index >= 15 is 0 Å². The Bertz CT molecular complexity index is 609. The van der Waals surface area contributed by atoms with Gasteiger partial charge < -0.3 is 9.80 Å². The van der Waals surface area contributed by atoms with E-state index in [2.05, 4.69) is 13.8 Å². The molecule has 0 bridgehead atoms. The monoisotopic (exact) mass is 373 g/mol. The summed E-state index contributed by atoms with van der Waals surface area (Å²) in [5.74, 6) is 0.699. The molecule has 0 atom stereocenters. The van der Waals surface area contributed by atoms with Crippen molar-refractivity contribution in [3.8, 4) is 0 Å². The summed E-state index contributed by atoms with van der Waals surface area (Å²) in [6, 6.07) is 0. The average molecular weight is 374 g/mol. The molecule has 0 saturated carbocycles. The van der Waals surface area contributed by atoms with Crippen molar-refractivity contribution < 1.29 is 18.0 Å². The minimum atomic E-state index is -3.25. The third-order valence-corrected chi connectivity index (χ3v) is 6.69. The maximum absolute atomic E-state index is 12.3. The molecule has 0 unspecified atom stereocenters. The molecule has 0 aromatic carbocycles. The van der Waals surface area contributed by atoms with Gasteiger partial charge in [0.1, 0.15) is 0 Å². The van der Waals surface area contributed by atoms with Gasteiger partial charge in [0.2, 0.25) is 21.8 Å². The molecule has 2 fully saturated rings. The number of piperidine rings is 1. The topological polar surface area (TPSA) is 78.0 Å². The predicted molar refractivity (Wildman–Crippen MR) is 96.4 cm³/mol. The molecular weight excluding hydrogens is 342 g/mol. The van der Waals surface area contributed by atoms with E-state index < -0.39 is 10.0 Å². The van der Waals surface area contributed by atoms with Gasteiger partial charge in [0, 0.05) is 58.0 Å². The maximum Gasteiger partial charge on any atom is 0.223 e. The first kappa shape index (κ1) is 20.2. The number of hydrogen-bond acceptors (Lipinski definition) is 4. The Morgan fingerprint density at radius 2 is 1.88 bits per heavy atom. The van der Waals surface area contributed by atoms with E-state index in [1.54, 1.807) is 0 Å². The smallest absolute Gasteiger partial charge is 0.223 e. The Hall–Kier alpha value is -1.15. The lowest BCUT2D eigenvalue weighted by atomic mass is 9.77. The zero-order valence-electron chi connectivity index (χ0n) is 15.8. The maximum atomic E-state index is 12.3. The van der Waals surface area contributed by atoms with Crippen LogP contribution >= 0.6 is 0 Å². The molecule has 0 N–H and O–H groups in total. The van der Waals surface area contributed by atoms with E-state index in [1.165, 1.54) is 11.4 Å². The molecule has 0 aromatic heterocycles. The number of nitrogens with zero attached hydrogens (tertiary/aromatic N) is 3. The zero-order valence-corrected chi connectivity index (χ0v) is 16.6. The van der Waals surface area contributed by atoms with Gasteiger partial charge in [-0.05, 0) is 18.8 Å². The molecule has 2 rings (SSSR count). The van der Waals surface area contributed by atoms with E-state index in [4.69, 9.17) is 0 Å². The SMILES string of the molecule is CC(C)CN1CC2(CCN(C(=O)CCN(C)S(C)(=O)=O)CC2)CC1=O. The van der Waals surface area contributed by atoms with Crippen LogP contribution in [-0.2, 0) is 19.6 Å². The van der Waals surface area contributed by atoms with Crippen LogP contribution in [0.4, 0.5) is 0 Å². The Morgan fingerprint density at radius 1 is 1.28 bits per heavy atom. The van der Waals surface area contributed by atoms with Crippen LogP contribution in [0.25, 0.3) is 0 Å². The third-order valence-electron chi connectivity index (χ3n) is 5.37. The van der Waals surface area contributed by atoms with Crippen LogP contribution in [0.1, 0.15) is 39.5 Å². The number of hydrogen-bond donors (Lipinski definition) is 0. The van der Waals surface area contributed by atoms with Crippen molar-refractivity contribution >= 4 is 21.8 Å². The lowest BCUT2D eigenvalue weighted by molar-refractivity contribution is -0.133. The predicted octanol–water partition coefficient (Wildman–Crippen LogP) is 0.765. The molecule has 1 spiro atoms. The summed E-state index contributed by atoms with van der Waals surface area (Å²) in [6.07, 6.45) is 3.64. The van der Waals surface area contributed by atoms with Gasteiger partial charge in [0.15, 0.2) is 0 Å². The molecule has 2 heterocycles. The van der Waals surface area contributed by atoms with Crippen molar-refractivity contribution in [2.75, 3.05) is 46.0 Å². The first-order chi connectivity index (χ1) is 11.5. The van der Waals surface area contributed by atoms with Crippen molar-refractivity contribution in [3.05, 3.63) is 0 Å². The first-order valence-electron chi connectivity index (χ1n) is 8.99. The van der Waals surface area contributed by atoms with Crippen molar-refractivity contribution in [2.45, 2.75) is 39.5 Å². The summed E-state index contributed by atoms with van der Waals surface area (Å²) in [5, 5.41) is 0. The van der Waals surface area contributed by atoms with Gasteiger partial charge in [-0.25, -0.2) is 12.7 Å². The van der Waals surface area contributed by atoms with Gasteiger partial charge >= 0.3 is 0 Å². The Morgan fingerprint density at radius 3 is 2.40 bits per heavy atom. The minimum absolute atomic E-state index is 0.00582. The normalized spacial score (nSPS) is 21.0. The molecule has 144 valence electrons. The number of rotatable bonds is 6. The largest absolute Gasteiger partial charge is 0.343 e. The van der Waals surface area contributed by atoms with Gasteiger partial charge in [-0.15, -0.1) is 0 Å². The fourth-order valence-electron chi connectivity index (χ4n) is 3.73. The van der Waals surface area contributed by atoms with E-state index in [0.29, 0.717) is 25.4 Å². The fourth-order valence-corrected chi connectivity index (χ4v) is 4.15. The number of likely N-dealkylation sites (tertiary alicyclic amines) is 2. The van der Waals surface area contributed by atoms with Gasteiger partial charge in [-0.3, -0.25) is 9.59 Å². The van der Waals surface area contributed by atoms with Crippen LogP contribution in [0.15, 0.2) is 0 Å². The van der Waals surface area contributed by atoms with Crippen LogP contribution in [0.3, 0.4) is 0 Å².